The Balaban J connectivity index is 3.27. The van der Waals surface area contributed by atoms with Gasteiger partial charge in [-0.05, 0) is 12.8 Å². The van der Waals surface area contributed by atoms with Crippen LogP contribution in [0.25, 0.3) is 0 Å². The molecule has 0 N–H and O–H groups in total. The van der Waals surface area contributed by atoms with Gasteiger partial charge in [0.25, 0.3) is 0 Å². The molecule has 0 fully saturated rings. The Morgan fingerprint density at radius 3 is 2.50 bits per heavy atom. The van der Waals surface area contributed by atoms with Crippen LogP contribution in [0.1, 0.15) is 46.0 Å². The Labute approximate surface area is 76.8 Å². The second-order valence-corrected chi connectivity index (χ2v) is 2.60. The van der Waals surface area contributed by atoms with Crippen molar-refractivity contribution in [2.75, 3.05) is 0 Å². The zero-order chi connectivity index (χ0) is 9.07. The summed E-state index contributed by atoms with van der Waals surface area (Å²) in [6, 6.07) is 0. The third-order valence-corrected chi connectivity index (χ3v) is 1.39. The van der Waals surface area contributed by atoms with E-state index >= 15 is 0 Å². The minimum atomic E-state index is 0.734. The van der Waals surface area contributed by atoms with Gasteiger partial charge in [-0.3, -0.25) is 0 Å². The van der Waals surface area contributed by atoms with Crippen molar-refractivity contribution in [1.82, 2.24) is 0 Å². The highest BCUT2D eigenvalue weighted by Gasteiger charge is 1.75. The van der Waals surface area contributed by atoms with Gasteiger partial charge in [0.15, 0.2) is 0 Å². The smallest absolute Gasteiger partial charge is 0.0702 e. The summed E-state index contributed by atoms with van der Waals surface area (Å²) in [5, 5.41) is 0. The molecule has 0 aliphatic rings. The van der Waals surface area contributed by atoms with Crippen molar-refractivity contribution in [2.24, 2.45) is 0 Å². The molecule has 0 heterocycles. The lowest BCUT2D eigenvalue weighted by molar-refractivity contribution is 0.828. The second-order valence-electron chi connectivity index (χ2n) is 2.60. The first-order chi connectivity index (χ1) is 5.91. The van der Waals surface area contributed by atoms with Crippen LogP contribution in [0.2, 0.25) is 0 Å². The van der Waals surface area contributed by atoms with Crippen LogP contribution in [0, 0.1) is 30.1 Å². The molecule has 0 saturated carbocycles. The molecule has 0 bridgehead atoms. The predicted molar refractivity (Wildman–Crippen MR) is 54.3 cm³/mol. The van der Waals surface area contributed by atoms with Crippen molar-refractivity contribution in [1.29, 1.82) is 0 Å². The van der Waals surface area contributed by atoms with Crippen LogP contribution in [0.4, 0.5) is 0 Å². The maximum atomic E-state index is 3.10. The highest BCUT2D eigenvalue weighted by molar-refractivity contribution is 5.12. The molecule has 0 aromatic carbocycles. The summed E-state index contributed by atoms with van der Waals surface area (Å²) in [6.07, 6.45) is 7.14. The van der Waals surface area contributed by atoms with Gasteiger partial charge in [0.05, 0.1) is 6.42 Å². The largest absolute Gasteiger partial charge is 0.102 e. The fourth-order valence-electron chi connectivity index (χ4n) is 0.697. The minimum Gasteiger partial charge on any atom is -0.102 e. The van der Waals surface area contributed by atoms with E-state index in [1.165, 1.54) is 12.8 Å². The molecule has 0 aromatic heterocycles. The van der Waals surface area contributed by atoms with Gasteiger partial charge in [0.1, 0.15) is 0 Å². The summed E-state index contributed by atoms with van der Waals surface area (Å²) in [7, 11) is 0. The first-order valence-corrected chi connectivity index (χ1v) is 4.61. The molecule has 0 aliphatic heterocycles. The van der Waals surface area contributed by atoms with Crippen molar-refractivity contribution in [3.63, 3.8) is 0 Å². The monoisotopic (exact) mass is 161 g/mol. The standard InChI is InChI=1S/C12H17/c1-3-5-7-9-11-12-10-8-6-4-2/h3H,4-6,8,11H2,1-2H3. The van der Waals surface area contributed by atoms with Gasteiger partial charge in [-0.2, -0.15) is 0 Å². The lowest BCUT2D eigenvalue weighted by atomic mass is 10.2. The fraction of sp³-hybridized carbons (Fsp3) is 0.583. The highest BCUT2D eigenvalue weighted by Crippen LogP contribution is 1.90. The van der Waals surface area contributed by atoms with Gasteiger partial charge in [-0.15, -0.1) is 11.8 Å². The number of hydrogen-bond donors (Lipinski definition) is 0. The maximum Gasteiger partial charge on any atom is 0.0702 e. The molecule has 0 amide bonds. The van der Waals surface area contributed by atoms with Crippen LogP contribution < -0.4 is 0 Å². The Hall–Kier alpha value is -0.880. The van der Waals surface area contributed by atoms with Gasteiger partial charge >= 0.3 is 0 Å². The SMILES string of the molecule is C[CH]CC#CCC#CCCCC. The lowest BCUT2D eigenvalue weighted by Gasteiger charge is -1.82. The van der Waals surface area contributed by atoms with Crippen LogP contribution in [0.3, 0.4) is 0 Å². The second kappa shape index (κ2) is 10.1. The third kappa shape index (κ3) is 9.12. The van der Waals surface area contributed by atoms with E-state index in [1.807, 2.05) is 6.92 Å². The molecule has 0 aliphatic carbocycles. The molecular weight excluding hydrogens is 144 g/mol. The Morgan fingerprint density at radius 2 is 1.83 bits per heavy atom. The molecule has 0 spiro atoms. The molecule has 0 unspecified atom stereocenters. The Bertz CT molecular complexity index is 192. The van der Waals surface area contributed by atoms with E-state index in [9.17, 15) is 0 Å². The van der Waals surface area contributed by atoms with Crippen molar-refractivity contribution in [3.05, 3.63) is 6.42 Å². The van der Waals surface area contributed by atoms with E-state index in [4.69, 9.17) is 0 Å². The number of hydrogen-bond acceptors (Lipinski definition) is 0. The topological polar surface area (TPSA) is 0 Å². The number of rotatable bonds is 3. The van der Waals surface area contributed by atoms with E-state index < -0.39 is 0 Å². The van der Waals surface area contributed by atoms with Gasteiger partial charge in [0.2, 0.25) is 0 Å². The van der Waals surface area contributed by atoms with Crippen molar-refractivity contribution < 1.29 is 0 Å². The molecule has 0 aromatic rings. The summed E-state index contributed by atoms with van der Waals surface area (Å²) in [5.74, 6) is 12.2. The zero-order valence-corrected chi connectivity index (χ0v) is 8.11. The van der Waals surface area contributed by atoms with Crippen molar-refractivity contribution in [3.8, 4) is 23.7 Å². The lowest BCUT2D eigenvalue weighted by Crippen LogP contribution is -1.68. The first kappa shape index (κ1) is 11.1. The van der Waals surface area contributed by atoms with E-state index in [1.54, 1.807) is 0 Å². The quantitative estimate of drug-likeness (QED) is 0.440. The summed E-state index contributed by atoms with van der Waals surface area (Å²) in [6.45, 7) is 4.19. The minimum absolute atomic E-state index is 0.734. The molecule has 0 atom stereocenters. The molecule has 0 saturated heterocycles. The Morgan fingerprint density at radius 1 is 1.08 bits per heavy atom. The molecule has 0 nitrogen and oxygen atoms in total. The molecule has 65 valence electrons. The summed E-state index contributed by atoms with van der Waals surface area (Å²) in [5.41, 5.74) is 0. The maximum absolute atomic E-state index is 3.10. The van der Waals surface area contributed by atoms with Crippen LogP contribution >= 0.6 is 0 Å². The summed E-state index contributed by atoms with van der Waals surface area (Å²) >= 11 is 0. The zero-order valence-electron chi connectivity index (χ0n) is 8.11. The van der Waals surface area contributed by atoms with Gasteiger partial charge < -0.3 is 0 Å². The number of unbranched alkanes of at least 4 members (excludes halogenated alkanes) is 3. The predicted octanol–water partition coefficient (Wildman–Crippen LogP) is 3.19. The van der Waals surface area contributed by atoms with E-state index in [2.05, 4.69) is 37.0 Å². The Kier molecular flexibility index (Phi) is 9.38. The van der Waals surface area contributed by atoms with Gasteiger partial charge in [0, 0.05) is 12.8 Å². The van der Waals surface area contributed by atoms with Crippen molar-refractivity contribution >= 4 is 0 Å². The third-order valence-electron chi connectivity index (χ3n) is 1.39. The van der Waals surface area contributed by atoms with Crippen LogP contribution in [-0.2, 0) is 0 Å². The molecule has 0 heteroatoms. The molecule has 12 heavy (non-hydrogen) atoms. The molecule has 0 rings (SSSR count). The summed E-state index contributed by atoms with van der Waals surface area (Å²) in [4.78, 5) is 0. The van der Waals surface area contributed by atoms with Crippen LogP contribution in [0.15, 0.2) is 0 Å². The average Bonchev–Trinajstić information content (AvgIpc) is 2.10. The highest BCUT2D eigenvalue weighted by atomic mass is 13.8. The van der Waals surface area contributed by atoms with E-state index in [-0.39, 0.29) is 0 Å². The van der Waals surface area contributed by atoms with Gasteiger partial charge in [-0.25, -0.2) is 0 Å². The van der Waals surface area contributed by atoms with E-state index in [0.717, 1.165) is 19.3 Å². The normalized spacial score (nSPS) is 7.83. The molecular formula is C12H17. The van der Waals surface area contributed by atoms with Crippen LogP contribution in [0.5, 0.6) is 0 Å². The first-order valence-electron chi connectivity index (χ1n) is 4.61. The van der Waals surface area contributed by atoms with Crippen molar-refractivity contribution in [2.45, 2.75) is 46.0 Å². The average molecular weight is 161 g/mol. The van der Waals surface area contributed by atoms with E-state index in [0.29, 0.717) is 0 Å². The summed E-state index contributed by atoms with van der Waals surface area (Å²) < 4.78 is 0. The van der Waals surface area contributed by atoms with Crippen LogP contribution in [-0.4, -0.2) is 0 Å². The molecule has 1 radical (unpaired) electrons. The fourth-order valence-corrected chi connectivity index (χ4v) is 0.697. The van der Waals surface area contributed by atoms with Gasteiger partial charge in [-0.1, -0.05) is 32.1 Å².